The predicted molar refractivity (Wildman–Crippen MR) is 313 cm³/mol. The molecule has 10 rings (SSSR count). The van der Waals surface area contributed by atoms with Crippen LogP contribution in [-0.4, -0.2) is 277 Å². The van der Waals surface area contributed by atoms with Crippen molar-refractivity contribution >= 4 is 37.2 Å². The van der Waals surface area contributed by atoms with Crippen LogP contribution < -0.4 is 88.7 Å². The molecule has 40 heteroatoms. The second-order valence-corrected chi connectivity index (χ2v) is 31.8. The maximum absolute atomic E-state index is 14.5. The molecule has 34 nitrogen and oxygen atoms in total. The van der Waals surface area contributed by atoms with E-state index in [0.29, 0.717) is 25.7 Å². The van der Waals surface area contributed by atoms with Crippen LogP contribution in [0.15, 0.2) is 23.8 Å². The molecular formula is C59H91Na3O34S3. The first-order chi connectivity index (χ1) is 44.6. The molecule has 1 spiro atoms. The topological polar surface area (TPSA) is 509 Å². The van der Waals surface area contributed by atoms with Crippen molar-refractivity contribution in [2.45, 2.75) is 266 Å². The zero-order valence-electron chi connectivity index (χ0n) is 57.2. The predicted octanol–water partition coefficient (Wildman–Crippen LogP) is -11.5. The summed E-state index contributed by atoms with van der Waals surface area (Å²) in [5.74, 6) is -0.0762. The van der Waals surface area contributed by atoms with Gasteiger partial charge in [0, 0.05) is 18.4 Å². The number of ether oxygens (including phenoxy) is 12. The number of hydrogen-bond donors (Lipinski definition) is 9. The Hall–Kier alpha value is 0.760. The number of methoxy groups -OCH3 is 1. The van der Waals surface area contributed by atoms with Gasteiger partial charge in [0.05, 0.1) is 44.1 Å². The molecule has 4 aliphatic carbocycles. The van der Waals surface area contributed by atoms with Crippen LogP contribution in [0.4, 0.5) is 0 Å². The molecule has 99 heavy (non-hydrogen) atoms. The van der Waals surface area contributed by atoms with Crippen LogP contribution in [0.5, 0.6) is 0 Å². The first kappa shape index (κ1) is 87.0. The molecule has 0 radical (unpaired) electrons. The van der Waals surface area contributed by atoms with Crippen molar-refractivity contribution < 1.29 is 248 Å². The Balaban J connectivity index is 0.00000459. The van der Waals surface area contributed by atoms with Gasteiger partial charge in [0.25, 0.3) is 0 Å². The molecular weight excluding hydrogens is 1420 g/mol. The minimum absolute atomic E-state index is 0. The van der Waals surface area contributed by atoms with Crippen LogP contribution in [-0.2, 0) is 105 Å². The molecule has 31 unspecified atom stereocenters. The maximum Gasteiger partial charge on any atom is 1.00 e. The van der Waals surface area contributed by atoms with Gasteiger partial charge in [-0.2, -0.15) is 0 Å². The third-order valence-electron chi connectivity index (χ3n) is 22.5. The summed E-state index contributed by atoms with van der Waals surface area (Å²) in [6, 6.07) is 0. The Morgan fingerprint density at radius 1 is 0.606 bits per heavy atom. The average Bonchev–Trinajstić information content (AvgIpc) is 1.53. The summed E-state index contributed by atoms with van der Waals surface area (Å²) >= 11 is 0. The van der Waals surface area contributed by atoms with Crippen molar-refractivity contribution in [1.29, 1.82) is 0 Å². The van der Waals surface area contributed by atoms with Crippen LogP contribution in [0.25, 0.3) is 0 Å². The van der Waals surface area contributed by atoms with Gasteiger partial charge in [-0.3, -0.25) is 17.3 Å². The van der Waals surface area contributed by atoms with Gasteiger partial charge in [-0.1, -0.05) is 44.9 Å². The summed E-state index contributed by atoms with van der Waals surface area (Å²) in [6.45, 7) is 14.0. The number of fused-ring (bicyclic) bond motifs is 4. The number of aliphatic hydroxyl groups is 9. The SMILES string of the molecule is C=C(C)CCCC1(C)OC(=O)C23CCC4C(=CCC5C(C)(C)C(OC6OCC(OS(=O)(=O)[O-])C(O)C6OC6OC(C)C(OC7OC(COS(=O)(=O)[O-])C(O)C(OC8OC(COS(=O)(=O)[O-])C(O)C(OC)C8O)C7O)C(O)C6OC6OCC(O)C(O)C6O)CCC45C)C2(C)CCC13.[Na+].[Na+].[Na+]. The summed E-state index contributed by atoms with van der Waals surface area (Å²) < 4.78 is 191. The minimum Gasteiger partial charge on any atom is -0.726 e. The van der Waals surface area contributed by atoms with Gasteiger partial charge in [0.2, 0.25) is 31.2 Å². The number of esters is 1. The first-order valence-corrected chi connectivity index (χ1v) is 36.1. The van der Waals surface area contributed by atoms with E-state index < -0.39 is 227 Å². The molecule has 31 atom stereocenters. The molecule has 0 aromatic carbocycles. The second-order valence-electron chi connectivity index (χ2n) is 28.7. The number of cyclic esters (lactones) is 1. The van der Waals surface area contributed by atoms with Gasteiger partial charge in [-0.25, -0.2) is 25.3 Å². The van der Waals surface area contributed by atoms with Crippen molar-refractivity contribution in [3.05, 3.63) is 23.8 Å². The molecule has 9 N–H and O–H groups in total. The van der Waals surface area contributed by atoms with Gasteiger partial charge in [0.15, 0.2) is 31.5 Å². The third kappa shape index (κ3) is 17.5. The van der Waals surface area contributed by atoms with E-state index in [4.69, 9.17) is 61.0 Å². The Morgan fingerprint density at radius 2 is 1.16 bits per heavy atom. The van der Waals surface area contributed by atoms with Gasteiger partial charge in [-0.05, 0) is 108 Å². The maximum atomic E-state index is 14.5. The molecule has 9 fully saturated rings. The van der Waals surface area contributed by atoms with Crippen LogP contribution in [0.3, 0.4) is 0 Å². The fourth-order valence-corrected chi connectivity index (χ4v) is 18.8. The number of rotatable bonds is 23. The fourth-order valence-electron chi connectivity index (χ4n) is 17.7. The number of carbonyl (C=O) groups is 1. The largest absolute Gasteiger partial charge is 1.00 e. The molecule has 6 saturated heterocycles. The summed E-state index contributed by atoms with van der Waals surface area (Å²) in [7, 11) is -15.6. The monoisotopic (exact) mass is 1510 g/mol. The van der Waals surface area contributed by atoms with Gasteiger partial charge in [-0.15, -0.1) is 6.58 Å². The number of carbonyl (C=O) groups excluding carboxylic acids is 1. The summed E-state index contributed by atoms with van der Waals surface area (Å²) in [6.07, 6.45) is -37.6. The number of aliphatic hydroxyl groups excluding tert-OH is 9. The van der Waals surface area contributed by atoms with E-state index in [9.17, 15) is 89.7 Å². The van der Waals surface area contributed by atoms with Crippen LogP contribution >= 0.6 is 0 Å². The van der Waals surface area contributed by atoms with E-state index in [1.54, 1.807) is 0 Å². The zero-order chi connectivity index (χ0) is 70.5. The molecule has 0 bridgehead atoms. The molecule has 3 saturated carbocycles. The summed E-state index contributed by atoms with van der Waals surface area (Å²) in [5.41, 5.74) is -0.455. The zero-order valence-corrected chi connectivity index (χ0v) is 65.7. The molecule has 10 aliphatic rings. The Morgan fingerprint density at radius 3 is 1.75 bits per heavy atom. The summed E-state index contributed by atoms with van der Waals surface area (Å²) in [4.78, 5) is 14.5. The molecule has 6 aliphatic heterocycles. The average molecular weight is 1510 g/mol. The van der Waals surface area contributed by atoms with E-state index in [0.717, 1.165) is 51.2 Å². The number of allylic oxidation sites excluding steroid dienone is 3. The van der Waals surface area contributed by atoms with Crippen molar-refractivity contribution in [2.75, 3.05) is 33.5 Å². The second kappa shape index (κ2) is 33.1. The molecule has 552 valence electrons. The molecule has 0 aromatic heterocycles. The third-order valence-corrected chi connectivity index (χ3v) is 23.9. The Kier molecular flexibility index (Phi) is 29.1. The van der Waals surface area contributed by atoms with E-state index in [2.05, 4.69) is 41.8 Å². The van der Waals surface area contributed by atoms with Crippen LogP contribution in [0.2, 0.25) is 0 Å². The minimum atomic E-state index is -5.58. The van der Waals surface area contributed by atoms with E-state index in [1.807, 2.05) is 20.8 Å². The van der Waals surface area contributed by atoms with Crippen molar-refractivity contribution in [3.63, 3.8) is 0 Å². The van der Waals surface area contributed by atoms with Crippen LogP contribution in [0.1, 0.15) is 113 Å². The quantitative estimate of drug-likeness (QED) is 0.0151. The molecule has 6 heterocycles. The smallest absolute Gasteiger partial charge is 0.726 e. The van der Waals surface area contributed by atoms with Crippen molar-refractivity contribution in [3.8, 4) is 0 Å². The Bertz CT molecular complexity index is 3180. The van der Waals surface area contributed by atoms with Crippen LogP contribution in [0, 0.1) is 39.4 Å². The van der Waals surface area contributed by atoms with Gasteiger partial charge in [0.1, 0.15) is 109 Å². The van der Waals surface area contributed by atoms with Crippen molar-refractivity contribution in [1.82, 2.24) is 0 Å². The van der Waals surface area contributed by atoms with E-state index >= 15 is 0 Å². The van der Waals surface area contributed by atoms with Crippen molar-refractivity contribution in [2.24, 2.45) is 39.4 Å². The molecule has 0 aromatic rings. The normalized spacial score (nSPS) is 46.7. The standard InChI is InChI=1S/C59H94O34S3.3Na/c1-25(2)11-10-17-58(8)34-15-19-57(7)28-12-13-33-55(4,5)35(16-18-56(33,6)27(28)14-20-59(34,57)54(69)92-58)87-52-47(39(64)32(22-81-52)93-96(76,77)78)91-53-48(90-49-40(65)36(61)29(60)21-80-49)41(66)44(26(3)84-53)88-51-43(68)46(38(63)31(86-51)24-83-95(73,74)75)89-50-42(67)45(79-9)37(62)30(85-50)23-82-94(70,71)72;;;/h12,26-27,29-53,60-68H,1,10-11,13-24H2,2-9H3,(H,70,71,72)(H,73,74,75)(H,76,77,78);;;/q;3*+1/p-3. The Labute approximate surface area is 641 Å². The first-order valence-electron chi connectivity index (χ1n) is 32.1. The van der Waals surface area contributed by atoms with Gasteiger partial charge >= 0.3 is 94.6 Å². The van der Waals surface area contributed by atoms with E-state index in [-0.39, 0.29) is 118 Å². The van der Waals surface area contributed by atoms with E-state index in [1.165, 1.54) is 12.5 Å². The van der Waals surface area contributed by atoms with Gasteiger partial charge < -0.3 is 116 Å². The molecule has 0 amide bonds. The number of hydrogen-bond acceptors (Lipinski definition) is 34. The fraction of sp³-hybridized carbons (Fsp3) is 0.915. The summed E-state index contributed by atoms with van der Waals surface area (Å²) in [5, 5.41) is 102.